The Morgan fingerprint density at radius 3 is 2.00 bits per heavy atom. The van der Waals surface area contributed by atoms with Crippen molar-refractivity contribution in [1.82, 2.24) is 4.31 Å². The lowest BCUT2D eigenvalue weighted by atomic mass is 10.1. The average molecular weight is 383 g/mol. The summed E-state index contributed by atoms with van der Waals surface area (Å²) in [6.45, 7) is 5.41. The summed E-state index contributed by atoms with van der Waals surface area (Å²) in [6.07, 6.45) is 0. The zero-order chi connectivity index (χ0) is 19.0. The first-order chi connectivity index (χ1) is 11.4. The maximum Gasteiger partial charge on any atom is 0.243 e. The molecular weight excluding hydrogens is 360 g/mol. The third kappa shape index (κ3) is 4.09. The Bertz CT molecular complexity index is 982. The topological polar surface area (TPSA) is 97.5 Å². The molecule has 0 aromatic heterocycles. The van der Waals surface area contributed by atoms with Crippen LogP contribution in [0.4, 0.5) is 0 Å². The molecule has 6 nitrogen and oxygen atoms in total. The van der Waals surface area contributed by atoms with Crippen molar-refractivity contribution in [2.24, 2.45) is 5.14 Å². The smallest absolute Gasteiger partial charge is 0.225 e. The van der Waals surface area contributed by atoms with Crippen LogP contribution in [0.2, 0.25) is 0 Å². The summed E-state index contributed by atoms with van der Waals surface area (Å²) in [7, 11) is -5.95. The van der Waals surface area contributed by atoms with E-state index in [1.54, 1.807) is 38.1 Å². The molecule has 0 aliphatic carbocycles. The Morgan fingerprint density at radius 2 is 1.52 bits per heavy atom. The lowest BCUT2D eigenvalue weighted by Crippen LogP contribution is -2.30. The van der Waals surface area contributed by atoms with Crippen molar-refractivity contribution in [3.63, 3.8) is 0 Å². The van der Waals surface area contributed by atoms with E-state index in [-0.39, 0.29) is 9.79 Å². The number of hydrogen-bond acceptors (Lipinski definition) is 4. The van der Waals surface area contributed by atoms with Crippen molar-refractivity contribution >= 4 is 20.0 Å². The molecule has 25 heavy (non-hydrogen) atoms. The van der Waals surface area contributed by atoms with Gasteiger partial charge < -0.3 is 0 Å². The first-order valence-corrected chi connectivity index (χ1v) is 10.6. The van der Waals surface area contributed by atoms with Gasteiger partial charge in [-0.25, -0.2) is 22.0 Å². The quantitative estimate of drug-likeness (QED) is 0.858. The molecule has 1 atom stereocenters. The van der Waals surface area contributed by atoms with Gasteiger partial charge in [0.2, 0.25) is 20.0 Å². The Labute approximate surface area is 149 Å². The molecule has 2 aromatic rings. The molecule has 0 saturated carbocycles. The summed E-state index contributed by atoms with van der Waals surface area (Å²) in [6, 6.07) is 10.6. The minimum absolute atomic E-state index is 0.0108. The second kappa shape index (κ2) is 6.87. The molecule has 0 heterocycles. The molecule has 0 saturated heterocycles. The molecule has 8 heteroatoms. The van der Waals surface area contributed by atoms with Gasteiger partial charge >= 0.3 is 0 Å². The van der Waals surface area contributed by atoms with Crippen molar-refractivity contribution in [2.75, 3.05) is 7.05 Å². The highest BCUT2D eigenvalue weighted by Gasteiger charge is 2.27. The van der Waals surface area contributed by atoms with E-state index in [9.17, 15) is 16.8 Å². The highest BCUT2D eigenvalue weighted by Crippen LogP contribution is 2.28. The highest BCUT2D eigenvalue weighted by molar-refractivity contribution is 7.89. The van der Waals surface area contributed by atoms with Crippen LogP contribution < -0.4 is 5.14 Å². The Kier molecular flexibility index (Phi) is 5.38. The third-order valence-corrected chi connectivity index (χ3v) is 7.24. The minimum Gasteiger partial charge on any atom is -0.225 e. The first kappa shape index (κ1) is 19.6. The van der Waals surface area contributed by atoms with E-state index in [0.717, 1.165) is 5.56 Å². The fraction of sp³-hybridized carbons (Fsp3) is 0.294. The number of hydrogen-bond donors (Lipinski definition) is 1. The summed E-state index contributed by atoms with van der Waals surface area (Å²) in [4.78, 5) is 0.247. The fourth-order valence-electron chi connectivity index (χ4n) is 2.60. The molecule has 2 N–H and O–H groups in total. The number of primary sulfonamides is 1. The fourth-order valence-corrected chi connectivity index (χ4v) is 4.67. The third-order valence-electron chi connectivity index (χ3n) is 4.22. The van der Waals surface area contributed by atoms with Crippen LogP contribution in [-0.2, 0) is 20.0 Å². The van der Waals surface area contributed by atoms with Crippen LogP contribution in [0.3, 0.4) is 0 Å². The number of aryl methyl sites for hydroxylation is 2. The average Bonchev–Trinajstić information content (AvgIpc) is 2.52. The maximum absolute atomic E-state index is 12.9. The summed E-state index contributed by atoms with van der Waals surface area (Å²) in [5.74, 6) is 0. The van der Waals surface area contributed by atoms with Gasteiger partial charge in [-0.05, 0) is 50.1 Å². The summed E-state index contributed by atoms with van der Waals surface area (Å²) >= 11 is 0. The number of benzene rings is 2. The van der Waals surface area contributed by atoms with Crippen LogP contribution in [0, 0.1) is 13.8 Å². The number of nitrogens with two attached hydrogens (primary N) is 1. The van der Waals surface area contributed by atoms with Crippen LogP contribution in [-0.4, -0.2) is 28.2 Å². The number of sulfonamides is 2. The molecule has 0 fully saturated rings. The van der Waals surface area contributed by atoms with Gasteiger partial charge in [0.1, 0.15) is 0 Å². The summed E-state index contributed by atoms with van der Waals surface area (Å²) in [5.41, 5.74) is 2.34. The van der Waals surface area contributed by atoms with Crippen LogP contribution in [0.15, 0.2) is 52.3 Å². The maximum atomic E-state index is 12.9. The predicted octanol–water partition coefficient (Wildman–Crippen LogP) is 2.33. The van der Waals surface area contributed by atoms with E-state index in [0.29, 0.717) is 11.1 Å². The van der Waals surface area contributed by atoms with Gasteiger partial charge in [0, 0.05) is 13.1 Å². The van der Waals surface area contributed by atoms with Crippen molar-refractivity contribution in [3.05, 3.63) is 59.2 Å². The molecule has 0 radical (unpaired) electrons. The molecule has 0 aliphatic rings. The monoisotopic (exact) mass is 382 g/mol. The van der Waals surface area contributed by atoms with E-state index < -0.39 is 26.1 Å². The van der Waals surface area contributed by atoms with E-state index in [2.05, 4.69) is 0 Å². The van der Waals surface area contributed by atoms with Gasteiger partial charge in [-0.3, -0.25) is 0 Å². The van der Waals surface area contributed by atoms with Crippen molar-refractivity contribution in [3.8, 4) is 0 Å². The number of rotatable bonds is 5. The van der Waals surface area contributed by atoms with E-state index in [4.69, 9.17) is 5.14 Å². The van der Waals surface area contributed by atoms with Crippen LogP contribution >= 0.6 is 0 Å². The van der Waals surface area contributed by atoms with Crippen LogP contribution in [0.5, 0.6) is 0 Å². The van der Waals surface area contributed by atoms with Gasteiger partial charge in [0.05, 0.1) is 9.79 Å². The van der Waals surface area contributed by atoms with Gasteiger partial charge in [0.25, 0.3) is 0 Å². The summed E-state index contributed by atoms with van der Waals surface area (Å²) < 4.78 is 49.8. The molecule has 2 aromatic carbocycles. The second-order valence-electron chi connectivity index (χ2n) is 6.08. The minimum atomic E-state index is -3.78. The first-order valence-electron chi connectivity index (χ1n) is 7.62. The Morgan fingerprint density at radius 1 is 0.960 bits per heavy atom. The normalized spacial score (nSPS) is 13.8. The zero-order valence-corrected chi connectivity index (χ0v) is 16.2. The van der Waals surface area contributed by atoms with E-state index in [1.807, 2.05) is 13.0 Å². The highest BCUT2D eigenvalue weighted by atomic mass is 32.2. The Balaban J connectivity index is 2.37. The number of nitrogens with zero attached hydrogens (tertiary/aromatic N) is 1. The van der Waals surface area contributed by atoms with Gasteiger partial charge in [0.15, 0.2) is 0 Å². The van der Waals surface area contributed by atoms with Crippen LogP contribution in [0.25, 0.3) is 0 Å². The van der Waals surface area contributed by atoms with Crippen LogP contribution in [0.1, 0.15) is 29.7 Å². The van der Waals surface area contributed by atoms with Gasteiger partial charge in [-0.15, -0.1) is 0 Å². The lowest BCUT2D eigenvalue weighted by Gasteiger charge is -2.25. The molecule has 2 rings (SSSR count). The molecule has 136 valence electrons. The predicted molar refractivity (Wildman–Crippen MR) is 97.1 cm³/mol. The SMILES string of the molecule is Cc1ccc(S(=O)(=O)N(C)C(C)c2ccc(S(N)(=O)=O)cc2)c(C)c1. The molecule has 0 aliphatic heterocycles. The van der Waals surface area contributed by atoms with Gasteiger partial charge in [-0.2, -0.15) is 4.31 Å². The summed E-state index contributed by atoms with van der Waals surface area (Å²) in [5, 5.41) is 5.08. The standard InChI is InChI=1S/C17H22N2O4S2/c1-12-5-10-17(13(2)11-12)25(22,23)19(4)14(3)15-6-8-16(9-7-15)24(18,20)21/h5-11,14H,1-4H3,(H2,18,20,21). The zero-order valence-electron chi connectivity index (χ0n) is 14.6. The van der Waals surface area contributed by atoms with Crippen molar-refractivity contribution < 1.29 is 16.8 Å². The van der Waals surface area contributed by atoms with E-state index >= 15 is 0 Å². The molecule has 1 unspecified atom stereocenters. The Hall–Kier alpha value is -1.74. The lowest BCUT2D eigenvalue weighted by molar-refractivity contribution is 0.398. The van der Waals surface area contributed by atoms with E-state index in [1.165, 1.54) is 23.5 Å². The molecule has 0 amide bonds. The van der Waals surface area contributed by atoms with Crippen molar-refractivity contribution in [1.29, 1.82) is 0 Å². The second-order valence-corrected chi connectivity index (χ2v) is 9.61. The van der Waals surface area contributed by atoms with Crippen molar-refractivity contribution in [2.45, 2.75) is 36.6 Å². The largest absolute Gasteiger partial charge is 0.243 e. The molecule has 0 bridgehead atoms. The molecular formula is C17H22N2O4S2. The van der Waals surface area contributed by atoms with Gasteiger partial charge in [-0.1, -0.05) is 29.8 Å². The molecule has 0 spiro atoms.